The third kappa shape index (κ3) is 6.64. The minimum Gasteiger partial charge on any atom is -0.487 e. The summed E-state index contributed by atoms with van der Waals surface area (Å²) in [5.74, 6) is 0.162. The van der Waals surface area contributed by atoms with Gasteiger partial charge in [0.15, 0.2) is 6.29 Å². The highest BCUT2D eigenvalue weighted by atomic mass is 16.5. The first-order valence-corrected chi connectivity index (χ1v) is 9.58. The van der Waals surface area contributed by atoms with E-state index in [9.17, 15) is 9.59 Å². The number of likely N-dealkylation sites (N-methyl/N-ethyl adjacent to an activating group) is 1. The summed E-state index contributed by atoms with van der Waals surface area (Å²) in [6, 6.07) is 16.5. The number of hydrogen-bond donors (Lipinski definition) is 2. The molecule has 31 heavy (non-hydrogen) atoms. The van der Waals surface area contributed by atoms with Gasteiger partial charge in [-0.05, 0) is 47.5 Å². The lowest BCUT2D eigenvalue weighted by atomic mass is 10.2. The van der Waals surface area contributed by atoms with Gasteiger partial charge in [-0.15, -0.1) is 0 Å². The van der Waals surface area contributed by atoms with Gasteiger partial charge in [0.2, 0.25) is 0 Å². The fraction of sp³-hybridized carbons (Fsp3) is 0.0833. The molecule has 0 bridgehead atoms. The Hall–Kier alpha value is -4.26. The first-order valence-electron chi connectivity index (χ1n) is 9.58. The molecule has 1 aromatic carbocycles. The number of rotatable bonds is 9. The van der Waals surface area contributed by atoms with Crippen LogP contribution in [0.1, 0.15) is 16.8 Å². The van der Waals surface area contributed by atoms with Crippen LogP contribution in [0.15, 0.2) is 84.6 Å². The molecule has 0 fully saturated rings. The van der Waals surface area contributed by atoms with Gasteiger partial charge in [0.25, 0.3) is 5.91 Å². The molecule has 0 spiro atoms. The summed E-state index contributed by atoms with van der Waals surface area (Å²) < 4.78 is 5.70. The van der Waals surface area contributed by atoms with E-state index >= 15 is 0 Å². The van der Waals surface area contributed by atoms with E-state index in [2.05, 4.69) is 20.6 Å². The van der Waals surface area contributed by atoms with E-state index in [1.807, 2.05) is 42.5 Å². The average molecular weight is 414 g/mol. The Balaban J connectivity index is 1.65. The Labute approximate surface area is 180 Å². The van der Waals surface area contributed by atoms with E-state index in [4.69, 9.17) is 4.74 Å². The van der Waals surface area contributed by atoms with Gasteiger partial charge in [-0.1, -0.05) is 30.3 Å². The fourth-order valence-electron chi connectivity index (χ4n) is 2.63. The maximum atomic E-state index is 12.6. The monoisotopic (exact) mass is 414 g/mol. The third-order valence-corrected chi connectivity index (χ3v) is 4.23. The van der Waals surface area contributed by atoms with E-state index in [1.165, 1.54) is 0 Å². The normalized spacial score (nSPS) is 11.5. The third-order valence-electron chi connectivity index (χ3n) is 4.23. The molecule has 7 nitrogen and oxygen atoms in total. The molecule has 2 heterocycles. The zero-order valence-electron chi connectivity index (χ0n) is 17.0. The van der Waals surface area contributed by atoms with Crippen LogP contribution < -0.4 is 15.4 Å². The van der Waals surface area contributed by atoms with E-state index in [0.29, 0.717) is 24.3 Å². The van der Waals surface area contributed by atoms with Crippen molar-refractivity contribution in [1.29, 1.82) is 0 Å². The van der Waals surface area contributed by atoms with Gasteiger partial charge in [0.05, 0.1) is 17.6 Å². The van der Waals surface area contributed by atoms with Crippen molar-refractivity contribution < 1.29 is 14.3 Å². The van der Waals surface area contributed by atoms with Crippen LogP contribution in [-0.2, 0) is 16.2 Å². The summed E-state index contributed by atoms with van der Waals surface area (Å²) in [5.41, 5.74) is 2.80. The van der Waals surface area contributed by atoms with Crippen LogP contribution in [0.4, 0.5) is 0 Å². The second-order valence-corrected chi connectivity index (χ2v) is 6.45. The Kier molecular flexibility index (Phi) is 7.65. The van der Waals surface area contributed by atoms with Crippen molar-refractivity contribution in [3.63, 3.8) is 0 Å². The average Bonchev–Trinajstić information content (AvgIpc) is 2.82. The molecule has 3 rings (SSSR count). The molecular weight excluding hydrogens is 392 g/mol. The predicted molar refractivity (Wildman–Crippen MR) is 118 cm³/mol. The smallest absolute Gasteiger partial charge is 0.271 e. The molecule has 0 aliphatic heterocycles. The first-order chi connectivity index (χ1) is 15.2. The van der Waals surface area contributed by atoms with Crippen LogP contribution >= 0.6 is 0 Å². The molecule has 0 radical (unpaired) electrons. The largest absolute Gasteiger partial charge is 0.487 e. The molecule has 0 saturated heterocycles. The molecule has 0 aliphatic rings. The van der Waals surface area contributed by atoms with Gasteiger partial charge in [-0.25, -0.2) is 0 Å². The maximum absolute atomic E-state index is 12.6. The second-order valence-electron chi connectivity index (χ2n) is 6.45. The minimum absolute atomic E-state index is 0.158. The first kappa shape index (κ1) is 21.4. The number of aromatic nitrogens is 2. The lowest BCUT2D eigenvalue weighted by Crippen LogP contribution is -2.30. The van der Waals surface area contributed by atoms with Crippen molar-refractivity contribution in [2.24, 2.45) is 0 Å². The molecule has 0 aliphatic carbocycles. The van der Waals surface area contributed by atoms with Crippen molar-refractivity contribution in [2.45, 2.75) is 6.61 Å². The summed E-state index contributed by atoms with van der Waals surface area (Å²) in [6.07, 6.45) is 8.80. The van der Waals surface area contributed by atoms with E-state index in [1.54, 1.807) is 49.9 Å². The number of nitrogens with zero attached hydrogens (tertiary/aromatic N) is 2. The number of hydrogen-bond acceptors (Lipinski definition) is 6. The molecule has 0 atom stereocenters. The zero-order valence-corrected chi connectivity index (χ0v) is 17.0. The number of aldehydes is 1. The second kappa shape index (κ2) is 11.1. The Morgan fingerprint density at radius 3 is 2.45 bits per heavy atom. The molecule has 1 amide bonds. The number of nitrogens with one attached hydrogen (secondary N) is 2. The highest BCUT2D eigenvalue weighted by molar-refractivity contribution is 6.01. The van der Waals surface area contributed by atoms with Crippen LogP contribution in [0.3, 0.4) is 0 Å². The standard InChI is InChI=1S/C24H22N4O3/c1-25-23(24(30)28-21(16-29)13-18-5-3-2-4-6-18)14-20-7-8-22(15-27-20)31-17-19-9-11-26-12-10-19/h2-16,25H,17H2,1H3,(H,28,30)/b21-13-,23-14-. The zero-order chi connectivity index (χ0) is 21.9. The highest BCUT2D eigenvalue weighted by Crippen LogP contribution is 2.13. The number of carbonyl (C=O) groups is 2. The summed E-state index contributed by atoms with van der Waals surface area (Å²) in [4.78, 5) is 32.2. The van der Waals surface area contributed by atoms with E-state index in [0.717, 1.165) is 11.1 Å². The molecule has 0 unspecified atom stereocenters. The highest BCUT2D eigenvalue weighted by Gasteiger charge is 2.10. The molecule has 7 heteroatoms. The topological polar surface area (TPSA) is 93.2 Å². The Bertz CT molecular complexity index is 1060. The fourth-order valence-corrected chi connectivity index (χ4v) is 2.63. The molecule has 156 valence electrons. The maximum Gasteiger partial charge on any atom is 0.271 e. The van der Waals surface area contributed by atoms with Crippen LogP contribution in [0.5, 0.6) is 5.75 Å². The van der Waals surface area contributed by atoms with E-state index in [-0.39, 0.29) is 11.4 Å². The number of allylic oxidation sites excluding steroid dienone is 1. The van der Waals surface area contributed by atoms with E-state index < -0.39 is 5.91 Å². The Morgan fingerprint density at radius 1 is 1.03 bits per heavy atom. The molecule has 0 saturated carbocycles. The van der Waals surface area contributed by atoms with Crippen molar-refractivity contribution in [1.82, 2.24) is 20.6 Å². The quantitative estimate of drug-likeness (QED) is 0.413. The van der Waals surface area contributed by atoms with Crippen LogP contribution in [0, 0.1) is 0 Å². The van der Waals surface area contributed by atoms with Crippen molar-refractivity contribution in [2.75, 3.05) is 7.05 Å². The Morgan fingerprint density at radius 2 is 1.81 bits per heavy atom. The summed E-state index contributed by atoms with van der Waals surface area (Å²) >= 11 is 0. The van der Waals surface area contributed by atoms with Gasteiger partial charge in [-0.3, -0.25) is 19.6 Å². The van der Waals surface area contributed by atoms with Crippen molar-refractivity contribution >= 4 is 24.3 Å². The number of pyridine rings is 2. The van der Waals surface area contributed by atoms with Gasteiger partial charge < -0.3 is 15.4 Å². The lowest BCUT2D eigenvalue weighted by molar-refractivity contribution is -0.118. The molecule has 2 aromatic heterocycles. The summed E-state index contributed by atoms with van der Waals surface area (Å²) in [5, 5.41) is 5.44. The van der Waals surface area contributed by atoms with Crippen molar-refractivity contribution in [3.8, 4) is 5.75 Å². The lowest BCUT2D eigenvalue weighted by Gasteiger charge is -2.09. The molecular formula is C24H22N4O3. The summed E-state index contributed by atoms with van der Waals surface area (Å²) in [6.45, 7) is 0.409. The predicted octanol–water partition coefficient (Wildman–Crippen LogP) is 2.97. The number of amides is 1. The minimum atomic E-state index is -0.448. The number of benzene rings is 1. The number of carbonyl (C=O) groups excluding carboxylic acids is 2. The molecule has 3 aromatic rings. The molecule has 2 N–H and O–H groups in total. The summed E-state index contributed by atoms with van der Waals surface area (Å²) in [7, 11) is 1.62. The van der Waals surface area contributed by atoms with Gasteiger partial charge in [-0.2, -0.15) is 0 Å². The van der Waals surface area contributed by atoms with Gasteiger partial charge in [0, 0.05) is 19.4 Å². The van der Waals surface area contributed by atoms with Crippen LogP contribution in [0.25, 0.3) is 12.2 Å². The van der Waals surface area contributed by atoms with Gasteiger partial charge in [0.1, 0.15) is 18.1 Å². The number of ether oxygens (including phenoxy) is 1. The van der Waals surface area contributed by atoms with Crippen molar-refractivity contribution in [3.05, 3.63) is 101 Å². The van der Waals surface area contributed by atoms with Gasteiger partial charge >= 0.3 is 0 Å². The SMILES string of the molecule is CN/C(=C\c1ccc(OCc2ccncc2)cn1)C(=O)N/C(C=O)=C\c1ccccc1. The van der Waals surface area contributed by atoms with Crippen LogP contribution in [-0.4, -0.2) is 29.2 Å². The van der Waals surface area contributed by atoms with Crippen LogP contribution in [0.2, 0.25) is 0 Å².